The van der Waals surface area contributed by atoms with E-state index in [4.69, 9.17) is 4.74 Å². The van der Waals surface area contributed by atoms with E-state index in [0.29, 0.717) is 10.3 Å². The van der Waals surface area contributed by atoms with Crippen molar-refractivity contribution in [2.45, 2.75) is 38.2 Å². The van der Waals surface area contributed by atoms with Crippen LogP contribution in [0.5, 0.6) is 0 Å². The van der Waals surface area contributed by atoms with Crippen molar-refractivity contribution in [3.05, 3.63) is 52.3 Å². The first kappa shape index (κ1) is 21.3. The van der Waals surface area contributed by atoms with E-state index in [2.05, 4.69) is 61.6 Å². The molecule has 0 saturated carbocycles. The maximum absolute atomic E-state index is 12.9. The Morgan fingerprint density at radius 2 is 2.10 bits per heavy atom. The van der Waals surface area contributed by atoms with Crippen LogP contribution in [0.25, 0.3) is 0 Å². The van der Waals surface area contributed by atoms with Gasteiger partial charge in [-0.15, -0.1) is 0 Å². The number of carbonyl (C=O) groups is 1. The van der Waals surface area contributed by atoms with Gasteiger partial charge in [0.05, 0.1) is 24.1 Å². The molecular weight excluding hydrogens is 444 g/mol. The highest BCUT2D eigenvalue weighted by atomic mass is 79.9. The summed E-state index contributed by atoms with van der Waals surface area (Å²) < 4.78 is 6.62. The molecule has 0 spiro atoms. The Morgan fingerprint density at radius 1 is 1.27 bits per heavy atom. The fourth-order valence-electron chi connectivity index (χ4n) is 4.19. The van der Waals surface area contributed by atoms with Crippen molar-refractivity contribution in [3.8, 4) is 0 Å². The molecule has 0 radical (unpaired) electrons. The van der Waals surface area contributed by atoms with Gasteiger partial charge in [0.25, 0.3) is 5.91 Å². The van der Waals surface area contributed by atoms with Crippen molar-refractivity contribution in [3.63, 3.8) is 0 Å². The van der Waals surface area contributed by atoms with E-state index in [-0.39, 0.29) is 17.9 Å². The van der Waals surface area contributed by atoms with E-state index in [1.54, 1.807) is 6.07 Å². The Bertz CT molecular complexity index is 879. The lowest BCUT2D eigenvalue weighted by atomic mass is 9.93. The van der Waals surface area contributed by atoms with Gasteiger partial charge in [0.2, 0.25) is 0 Å². The summed E-state index contributed by atoms with van der Waals surface area (Å²) in [4.78, 5) is 19.6. The number of ether oxygens (including phenoxy) is 1. The molecule has 0 aliphatic carbocycles. The number of benzene rings is 1. The highest BCUT2D eigenvalue weighted by Gasteiger charge is 2.24. The SMILES string of the molecule is CC(c1ccc(N2CCCCC2)c(NC(=O)c2cccc(Br)n2)c1)C1CNCCO1. The molecule has 2 atom stereocenters. The molecule has 1 aromatic heterocycles. The van der Waals surface area contributed by atoms with Crippen molar-refractivity contribution in [1.82, 2.24) is 10.3 Å². The minimum Gasteiger partial charge on any atom is -0.375 e. The van der Waals surface area contributed by atoms with Crippen LogP contribution in [0.1, 0.15) is 48.2 Å². The van der Waals surface area contributed by atoms with E-state index in [0.717, 1.165) is 44.2 Å². The molecule has 2 aliphatic heterocycles. The first-order valence-electron chi connectivity index (χ1n) is 10.8. The number of aromatic nitrogens is 1. The molecule has 2 fully saturated rings. The van der Waals surface area contributed by atoms with Crippen molar-refractivity contribution in [2.24, 2.45) is 0 Å². The van der Waals surface area contributed by atoms with Crippen LogP contribution in [0, 0.1) is 0 Å². The molecule has 1 aromatic carbocycles. The van der Waals surface area contributed by atoms with Crippen LogP contribution in [0.2, 0.25) is 0 Å². The molecule has 2 aliphatic rings. The van der Waals surface area contributed by atoms with E-state index < -0.39 is 0 Å². The first-order chi connectivity index (χ1) is 14.6. The van der Waals surface area contributed by atoms with Crippen molar-refractivity contribution < 1.29 is 9.53 Å². The summed E-state index contributed by atoms with van der Waals surface area (Å²) in [6.07, 6.45) is 3.76. The third kappa shape index (κ3) is 5.02. The van der Waals surface area contributed by atoms with Gasteiger partial charge in [-0.25, -0.2) is 4.98 Å². The predicted octanol–water partition coefficient (Wildman–Crippen LogP) is 4.18. The molecular formula is C23H29BrN4O2. The minimum atomic E-state index is -0.199. The van der Waals surface area contributed by atoms with Crippen LogP contribution in [-0.4, -0.2) is 49.8 Å². The molecule has 6 nitrogen and oxygen atoms in total. The Labute approximate surface area is 186 Å². The maximum atomic E-state index is 12.9. The highest BCUT2D eigenvalue weighted by Crippen LogP contribution is 2.33. The molecule has 1 amide bonds. The predicted molar refractivity (Wildman–Crippen MR) is 123 cm³/mol. The molecule has 0 bridgehead atoms. The number of rotatable bonds is 5. The number of nitrogens with zero attached hydrogens (tertiary/aromatic N) is 2. The molecule has 2 saturated heterocycles. The zero-order chi connectivity index (χ0) is 20.9. The molecule has 7 heteroatoms. The van der Waals surface area contributed by atoms with Crippen LogP contribution in [0.4, 0.5) is 11.4 Å². The lowest BCUT2D eigenvalue weighted by Gasteiger charge is -2.32. The van der Waals surface area contributed by atoms with Gasteiger partial charge in [-0.2, -0.15) is 0 Å². The normalized spacial score (nSPS) is 20.6. The fourth-order valence-corrected chi connectivity index (χ4v) is 4.53. The van der Waals surface area contributed by atoms with Crippen LogP contribution in [-0.2, 0) is 4.74 Å². The quantitative estimate of drug-likeness (QED) is 0.638. The average Bonchev–Trinajstić information content (AvgIpc) is 2.79. The number of pyridine rings is 1. The monoisotopic (exact) mass is 472 g/mol. The topological polar surface area (TPSA) is 66.5 Å². The van der Waals surface area contributed by atoms with Gasteiger partial charge in [-0.05, 0) is 65.0 Å². The third-order valence-electron chi connectivity index (χ3n) is 5.95. The van der Waals surface area contributed by atoms with Crippen LogP contribution < -0.4 is 15.5 Å². The number of halogens is 1. The van der Waals surface area contributed by atoms with Crippen molar-refractivity contribution in [1.29, 1.82) is 0 Å². The lowest BCUT2D eigenvalue weighted by Crippen LogP contribution is -2.41. The zero-order valence-corrected chi connectivity index (χ0v) is 19.0. The van der Waals surface area contributed by atoms with E-state index >= 15 is 0 Å². The molecule has 4 rings (SSSR count). The standard InChI is InChI=1S/C23H29BrN4O2/c1-16(21-15-25-10-13-30-21)17-8-9-20(28-11-3-2-4-12-28)19(14-17)27-23(29)18-6-5-7-22(24)26-18/h5-9,14,16,21,25H,2-4,10-13,15H2,1H3,(H,27,29). The van der Waals surface area contributed by atoms with Crippen LogP contribution >= 0.6 is 15.9 Å². The van der Waals surface area contributed by atoms with E-state index in [1.165, 1.54) is 24.8 Å². The Hall–Kier alpha value is -1.96. The number of nitrogens with one attached hydrogen (secondary N) is 2. The minimum absolute atomic E-state index is 0.134. The van der Waals surface area contributed by atoms with Gasteiger partial charge in [0.1, 0.15) is 10.3 Å². The number of morpholine rings is 1. The van der Waals surface area contributed by atoms with Gasteiger partial charge in [-0.3, -0.25) is 4.79 Å². The summed E-state index contributed by atoms with van der Waals surface area (Å²) in [6.45, 7) is 6.70. The van der Waals surface area contributed by atoms with Crippen LogP contribution in [0.15, 0.2) is 41.0 Å². The van der Waals surface area contributed by atoms with Gasteiger partial charge >= 0.3 is 0 Å². The highest BCUT2D eigenvalue weighted by molar-refractivity contribution is 9.10. The van der Waals surface area contributed by atoms with Crippen molar-refractivity contribution in [2.75, 3.05) is 43.0 Å². The Kier molecular flexibility index (Phi) is 7.02. The molecule has 160 valence electrons. The summed E-state index contributed by atoms with van der Waals surface area (Å²) in [5, 5.41) is 6.54. The number of hydrogen-bond acceptors (Lipinski definition) is 5. The largest absolute Gasteiger partial charge is 0.375 e. The van der Waals surface area contributed by atoms with E-state index in [1.807, 2.05) is 12.1 Å². The number of carbonyl (C=O) groups excluding carboxylic acids is 1. The summed E-state index contributed by atoms with van der Waals surface area (Å²) in [5.74, 6) is 0.0304. The van der Waals surface area contributed by atoms with Gasteiger partial charge in [0.15, 0.2) is 0 Å². The van der Waals surface area contributed by atoms with Gasteiger partial charge in [0, 0.05) is 32.1 Å². The summed E-state index contributed by atoms with van der Waals surface area (Å²) >= 11 is 3.35. The zero-order valence-electron chi connectivity index (χ0n) is 17.4. The van der Waals surface area contributed by atoms with Crippen molar-refractivity contribution >= 4 is 33.2 Å². The second kappa shape index (κ2) is 9.90. The molecule has 2 aromatic rings. The average molecular weight is 473 g/mol. The fraction of sp³-hybridized carbons (Fsp3) is 0.478. The Morgan fingerprint density at radius 3 is 2.83 bits per heavy atom. The number of piperidine rings is 1. The van der Waals surface area contributed by atoms with Crippen LogP contribution in [0.3, 0.4) is 0 Å². The number of amides is 1. The maximum Gasteiger partial charge on any atom is 0.274 e. The third-order valence-corrected chi connectivity index (χ3v) is 6.39. The lowest BCUT2D eigenvalue weighted by molar-refractivity contribution is 0.0146. The second-order valence-corrected chi connectivity index (χ2v) is 8.84. The Balaban J connectivity index is 1.62. The van der Waals surface area contributed by atoms with Gasteiger partial charge < -0.3 is 20.3 Å². The molecule has 3 heterocycles. The first-order valence-corrected chi connectivity index (χ1v) is 11.6. The molecule has 2 N–H and O–H groups in total. The second-order valence-electron chi connectivity index (χ2n) is 8.03. The van der Waals surface area contributed by atoms with Gasteiger partial charge in [-0.1, -0.05) is 19.1 Å². The summed E-state index contributed by atoms with van der Waals surface area (Å²) in [6, 6.07) is 11.8. The molecule has 2 unspecified atom stereocenters. The number of anilines is 2. The number of hydrogen-bond donors (Lipinski definition) is 2. The summed E-state index contributed by atoms with van der Waals surface area (Å²) in [7, 11) is 0. The smallest absolute Gasteiger partial charge is 0.274 e. The van der Waals surface area contributed by atoms with E-state index in [9.17, 15) is 4.79 Å². The molecule has 30 heavy (non-hydrogen) atoms. The summed E-state index contributed by atoms with van der Waals surface area (Å²) in [5.41, 5.74) is 3.49.